The summed E-state index contributed by atoms with van der Waals surface area (Å²) in [6.07, 6.45) is 0.700. The standard InChI is InChI=1S/C11H21NO2/c1-8-6-12(7-9(8)2)11(14)5-4-10(3)13/h8-10,13H,4-7H2,1-3H3. The number of amides is 1. The van der Waals surface area contributed by atoms with Crippen molar-refractivity contribution in [2.45, 2.75) is 39.7 Å². The first-order chi connectivity index (χ1) is 6.50. The zero-order valence-electron chi connectivity index (χ0n) is 9.36. The second kappa shape index (κ2) is 4.78. The number of hydrogen-bond acceptors (Lipinski definition) is 2. The monoisotopic (exact) mass is 199 g/mol. The van der Waals surface area contributed by atoms with Crippen LogP contribution < -0.4 is 0 Å². The van der Waals surface area contributed by atoms with Gasteiger partial charge in [-0.1, -0.05) is 13.8 Å². The molecular formula is C11H21NO2. The molecule has 1 saturated heterocycles. The van der Waals surface area contributed by atoms with E-state index in [1.807, 2.05) is 4.90 Å². The molecule has 0 aromatic heterocycles. The Morgan fingerprint density at radius 2 is 1.93 bits per heavy atom. The molecule has 1 aliphatic heterocycles. The summed E-state index contributed by atoms with van der Waals surface area (Å²) in [5.41, 5.74) is 0. The zero-order chi connectivity index (χ0) is 10.7. The molecule has 0 saturated carbocycles. The number of hydrogen-bond donors (Lipinski definition) is 1. The number of nitrogens with zero attached hydrogens (tertiary/aromatic N) is 1. The van der Waals surface area contributed by atoms with E-state index in [1.165, 1.54) is 0 Å². The van der Waals surface area contributed by atoms with E-state index in [2.05, 4.69) is 13.8 Å². The van der Waals surface area contributed by atoms with Crippen LogP contribution in [0.3, 0.4) is 0 Å². The quantitative estimate of drug-likeness (QED) is 0.743. The molecular weight excluding hydrogens is 178 g/mol. The van der Waals surface area contributed by atoms with E-state index < -0.39 is 0 Å². The molecule has 14 heavy (non-hydrogen) atoms. The Hall–Kier alpha value is -0.570. The summed E-state index contributed by atoms with van der Waals surface area (Å²) in [5, 5.41) is 9.08. The Kier molecular flexibility index (Phi) is 3.93. The van der Waals surface area contributed by atoms with Crippen molar-refractivity contribution in [3.05, 3.63) is 0 Å². The molecule has 1 N–H and O–H groups in total. The SMILES string of the molecule is CC(O)CCC(=O)N1CC(C)C(C)C1. The van der Waals surface area contributed by atoms with Gasteiger partial charge in [0.25, 0.3) is 0 Å². The third kappa shape index (κ3) is 2.98. The largest absolute Gasteiger partial charge is 0.393 e. The van der Waals surface area contributed by atoms with Crippen LogP contribution in [0.25, 0.3) is 0 Å². The summed E-state index contributed by atoms with van der Waals surface area (Å²) in [6.45, 7) is 7.88. The Morgan fingerprint density at radius 1 is 1.43 bits per heavy atom. The Balaban J connectivity index is 2.32. The smallest absolute Gasteiger partial charge is 0.222 e. The molecule has 1 rings (SSSR count). The average molecular weight is 199 g/mol. The second-order valence-corrected chi connectivity index (χ2v) is 4.64. The van der Waals surface area contributed by atoms with Gasteiger partial charge in [0.05, 0.1) is 6.10 Å². The predicted molar refractivity (Wildman–Crippen MR) is 55.8 cm³/mol. The summed E-state index contributed by atoms with van der Waals surface area (Å²) in [6, 6.07) is 0. The van der Waals surface area contributed by atoms with E-state index >= 15 is 0 Å². The number of likely N-dealkylation sites (tertiary alicyclic amines) is 1. The molecule has 1 aliphatic rings. The van der Waals surface area contributed by atoms with E-state index in [-0.39, 0.29) is 12.0 Å². The van der Waals surface area contributed by atoms with Crippen LogP contribution >= 0.6 is 0 Å². The summed E-state index contributed by atoms with van der Waals surface area (Å²) >= 11 is 0. The molecule has 3 heteroatoms. The van der Waals surface area contributed by atoms with E-state index in [9.17, 15) is 4.79 Å². The molecule has 0 spiro atoms. The lowest BCUT2D eigenvalue weighted by Gasteiger charge is -2.16. The van der Waals surface area contributed by atoms with Crippen LogP contribution in [0.15, 0.2) is 0 Å². The minimum atomic E-state index is -0.364. The Bertz CT molecular complexity index is 193. The molecule has 0 aromatic rings. The first-order valence-corrected chi connectivity index (χ1v) is 5.46. The van der Waals surface area contributed by atoms with Gasteiger partial charge < -0.3 is 10.0 Å². The van der Waals surface area contributed by atoms with Gasteiger partial charge in [-0.05, 0) is 25.2 Å². The molecule has 1 amide bonds. The maximum Gasteiger partial charge on any atom is 0.222 e. The molecule has 1 heterocycles. The molecule has 0 aliphatic carbocycles. The fraction of sp³-hybridized carbons (Fsp3) is 0.909. The van der Waals surface area contributed by atoms with Crippen molar-refractivity contribution in [3.63, 3.8) is 0 Å². The Morgan fingerprint density at radius 3 is 2.36 bits per heavy atom. The summed E-state index contributed by atoms with van der Waals surface area (Å²) < 4.78 is 0. The van der Waals surface area contributed by atoms with Gasteiger partial charge in [-0.25, -0.2) is 0 Å². The third-order valence-electron chi connectivity index (χ3n) is 3.12. The van der Waals surface area contributed by atoms with Crippen molar-refractivity contribution in [3.8, 4) is 0 Å². The molecule has 0 bridgehead atoms. The minimum Gasteiger partial charge on any atom is -0.393 e. The molecule has 1 fully saturated rings. The van der Waals surface area contributed by atoms with Crippen LogP contribution in [-0.4, -0.2) is 35.1 Å². The van der Waals surface area contributed by atoms with E-state index in [1.54, 1.807) is 6.92 Å². The lowest BCUT2D eigenvalue weighted by molar-refractivity contribution is -0.130. The highest BCUT2D eigenvalue weighted by Crippen LogP contribution is 2.22. The van der Waals surface area contributed by atoms with Crippen molar-refractivity contribution in [2.75, 3.05) is 13.1 Å². The van der Waals surface area contributed by atoms with Crippen molar-refractivity contribution >= 4 is 5.91 Å². The zero-order valence-corrected chi connectivity index (χ0v) is 9.36. The first kappa shape index (κ1) is 11.5. The minimum absolute atomic E-state index is 0.196. The van der Waals surface area contributed by atoms with Crippen LogP contribution in [-0.2, 0) is 4.79 Å². The molecule has 0 radical (unpaired) electrons. The van der Waals surface area contributed by atoms with E-state index in [4.69, 9.17) is 5.11 Å². The van der Waals surface area contributed by atoms with Gasteiger partial charge in [-0.15, -0.1) is 0 Å². The van der Waals surface area contributed by atoms with Gasteiger partial charge in [0.1, 0.15) is 0 Å². The molecule has 3 nitrogen and oxygen atoms in total. The number of carbonyl (C=O) groups is 1. The van der Waals surface area contributed by atoms with Crippen LogP contribution in [0.2, 0.25) is 0 Å². The molecule has 3 unspecified atom stereocenters. The lowest BCUT2D eigenvalue weighted by atomic mass is 10.0. The van der Waals surface area contributed by atoms with Gasteiger partial charge in [0, 0.05) is 19.5 Å². The Labute approximate surface area is 86.1 Å². The van der Waals surface area contributed by atoms with Crippen LogP contribution in [0, 0.1) is 11.8 Å². The summed E-state index contributed by atoms with van der Waals surface area (Å²) in [5.74, 6) is 1.43. The van der Waals surface area contributed by atoms with Gasteiger partial charge in [0.2, 0.25) is 5.91 Å². The van der Waals surface area contributed by atoms with Crippen molar-refractivity contribution in [1.29, 1.82) is 0 Å². The number of aliphatic hydroxyl groups excluding tert-OH is 1. The maximum absolute atomic E-state index is 11.7. The topological polar surface area (TPSA) is 40.5 Å². The highest BCUT2D eigenvalue weighted by Gasteiger charge is 2.28. The van der Waals surface area contributed by atoms with Crippen molar-refractivity contribution in [2.24, 2.45) is 11.8 Å². The number of rotatable bonds is 3. The van der Waals surface area contributed by atoms with Crippen LogP contribution in [0.4, 0.5) is 0 Å². The van der Waals surface area contributed by atoms with Gasteiger partial charge >= 0.3 is 0 Å². The van der Waals surface area contributed by atoms with Gasteiger partial charge in [-0.2, -0.15) is 0 Å². The van der Waals surface area contributed by atoms with E-state index in [0.29, 0.717) is 24.7 Å². The number of carbonyl (C=O) groups excluding carboxylic acids is 1. The third-order valence-corrected chi connectivity index (χ3v) is 3.12. The fourth-order valence-electron chi connectivity index (χ4n) is 1.82. The first-order valence-electron chi connectivity index (χ1n) is 5.46. The number of aliphatic hydroxyl groups is 1. The normalized spacial score (nSPS) is 29.3. The molecule has 3 atom stereocenters. The molecule has 82 valence electrons. The lowest BCUT2D eigenvalue weighted by Crippen LogP contribution is -2.29. The highest BCUT2D eigenvalue weighted by molar-refractivity contribution is 5.76. The fourth-order valence-corrected chi connectivity index (χ4v) is 1.82. The summed E-state index contributed by atoms with van der Waals surface area (Å²) in [7, 11) is 0. The molecule has 0 aromatic carbocycles. The van der Waals surface area contributed by atoms with E-state index in [0.717, 1.165) is 13.1 Å². The predicted octanol–water partition coefficient (Wildman–Crippen LogP) is 1.26. The maximum atomic E-state index is 11.7. The van der Waals surface area contributed by atoms with Crippen LogP contribution in [0.1, 0.15) is 33.6 Å². The second-order valence-electron chi connectivity index (χ2n) is 4.64. The van der Waals surface area contributed by atoms with Gasteiger partial charge in [0.15, 0.2) is 0 Å². The van der Waals surface area contributed by atoms with Crippen LogP contribution in [0.5, 0.6) is 0 Å². The summed E-state index contributed by atoms with van der Waals surface area (Å²) in [4.78, 5) is 13.6. The average Bonchev–Trinajstić information content (AvgIpc) is 2.43. The van der Waals surface area contributed by atoms with Gasteiger partial charge in [-0.3, -0.25) is 4.79 Å². The van der Waals surface area contributed by atoms with Crippen molar-refractivity contribution in [1.82, 2.24) is 4.90 Å². The highest BCUT2D eigenvalue weighted by atomic mass is 16.3. The van der Waals surface area contributed by atoms with Crippen molar-refractivity contribution < 1.29 is 9.90 Å².